The van der Waals surface area contributed by atoms with Crippen molar-refractivity contribution in [3.63, 3.8) is 0 Å². The molecule has 0 saturated carbocycles. The predicted molar refractivity (Wildman–Crippen MR) is 161 cm³/mol. The number of amides is 2. The lowest BCUT2D eigenvalue weighted by Crippen LogP contribution is -2.33. The fourth-order valence-electron chi connectivity index (χ4n) is 3.79. The monoisotopic (exact) mass is 633 g/mol. The first-order valence-electron chi connectivity index (χ1n) is 16.0. The van der Waals surface area contributed by atoms with Crippen LogP contribution in [0, 0.1) is 0 Å². The molecule has 13 nitrogen and oxygen atoms in total. The highest BCUT2D eigenvalue weighted by Crippen LogP contribution is 2.07. The maximum Gasteiger partial charge on any atom is 0.305 e. The van der Waals surface area contributed by atoms with E-state index in [1.54, 1.807) is 0 Å². The van der Waals surface area contributed by atoms with Gasteiger partial charge in [-0.25, -0.2) is 0 Å². The van der Waals surface area contributed by atoms with Gasteiger partial charge in [-0.1, -0.05) is 39.0 Å². The van der Waals surface area contributed by atoms with Gasteiger partial charge >= 0.3 is 5.97 Å². The van der Waals surface area contributed by atoms with Gasteiger partial charge in [0.05, 0.1) is 112 Å². The number of hydrogen-bond acceptors (Lipinski definition) is 12. The molecule has 0 bridgehead atoms. The number of ether oxygens (including phenoxy) is 9. The molecule has 0 saturated heterocycles. The molecule has 1 aliphatic heterocycles. The molecule has 13 heteroatoms. The number of esters is 1. The van der Waals surface area contributed by atoms with Crippen molar-refractivity contribution in [2.75, 3.05) is 119 Å². The Bertz CT molecular complexity index is 718. The maximum atomic E-state index is 11.6. The third-order valence-electron chi connectivity index (χ3n) is 6.19. The summed E-state index contributed by atoms with van der Waals surface area (Å²) in [5.41, 5.74) is 0. The first-order valence-corrected chi connectivity index (χ1v) is 16.0. The van der Waals surface area contributed by atoms with E-state index in [9.17, 15) is 14.4 Å². The number of nitrogens with zero attached hydrogens (tertiary/aromatic N) is 1. The van der Waals surface area contributed by atoms with Gasteiger partial charge in [-0.2, -0.15) is 0 Å². The Balaban J connectivity index is 1.65. The van der Waals surface area contributed by atoms with Crippen LogP contribution in [0.2, 0.25) is 0 Å². The molecule has 0 aromatic carbocycles. The summed E-state index contributed by atoms with van der Waals surface area (Å²) < 4.78 is 48.6. The van der Waals surface area contributed by atoms with Gasteiger partial charge < -0.3 is 42.6 Å². The van der Waals surface area contributed by atoms with Crippen LogP contribution in [0.1, 0.15) is 51.9 Å². The topological polar surface area (TPSA) is 138 Å². The van der Waals surface area contributed by atoms with E-state index in [-0.39, 0.29) is 37.5 Å². The minimum atomic E-state index is -0.307. The third-order valence-corrected chi connectivity index (χ3v) is 6.19. The van der Waals surface area contributed by atoms with E-state index in [0.29, 0.717) is 106 Å². The average molecular weight is 634 g/mol. The molecule has 0 spiro atoms. The van der Waals surface area contributed by atoms with Crippen LogP contribution in [0.4, 0.5) is 0 Å². The SMILES string of the molecule is CCCCCCCCC(=O)OCCOCCOCCOCCOCCOCCOCCOCCOCCN1C(=O)C=CC1=O. The maximum absolute atomic E-state index is 11.6. The van der Waals surface area contributed by atoms with Crippen LogP contribution >= 0.6 is 0 Å². The predicted octanol–water partition coefficient (Wildman–Crippen LogP) is 2.34. The van der Waals surface area contributed by atoms with Crippen LogP contribution in [0.15, 0.2) is 12.2 Å². The number of rotatable bonds is 34. The summed E-state index contributed by atoms with van der Waals surface area (Å²) in [6.07, 6.45) is 9.90. The molecule has 0 atom stereocenters. The first-order chi connectivity index (χ1) is 21.6. The Morgan fingerprint density at radius 3 is 1.25 bits per heavy atom. The highest BCUT2D eigenvalue weighted by molar-refractivity contribution is 6.12. The zero-order valence-corrected chi connectivity index (χ0v) is 26.7. The summed E-state index contributed by atoms with van der Waals surface area (Å²) in [4.78, 5) is 35.6. The third kappa shape index (κ3) is 25.4. The van der Waals surface area contributed by atoms with Gasteiger partial charge in [0.15, 0.2) is 0 Å². The summed E-state index contributed by atoms with van der Waals surface area (Å²) in [6, 6.07) is 0. The Morgan fingerprint density at radius 2 is 0.841 bits per heavy atom. The molecule has 2 amide bonds. The van der Waals surface area contributed by atoms with Crippen molar-refractivity contribution < 1.29 is 57.0 Å². The van der Waals surface area contributed by atoms with E-state index in [1.165, 1.54) is 37.8 Å². The molecule has 0 radical (unpaired) electrons. The molecule has 0 aromatic heterocycles. The van der Waals surface area contributed by atoms with Crippen LogP contribution in [0.3, 0.4) is 0 Å². The minimum Gasteiger partial charge on any atom is -0.463 e. The molecule has 0 fully saturated rings. The lowest BCUT2D eigenvalue weighted by atomic mass is 10.1. The van der Waals surface area contributed by atoms with Crippen molar-refractivity contribution in [1.29, 1.82) is 0 Å². The standard InChI is InChI=1S/C31H55NO12/c1-2-3-4-5-6-7-8-31(35)44-28-27-43-26-25-42-24-23-41-22-21-40-20-19-39-18-17-38-16-15-37-14-13-36-12-11-32-29(33)9-10-30(32)34/h9-10H,2-8,11-28H2,1H3. The molecule has 0 aliphatic carbocycles. The van der Waals surface area contributed by atoms with Crippen molar-refractivity contribution in [2.45, 2.75) is 51.9 Å². The van der Waals surface area contributed by atoms with E-state index < -0.39 is 0 Å². The summed E-state index contributed by atoms with van der Waals surface area (Å²) in [7, 11) is 0. The van der Waals surface area contributed by atoms with Crippen LogP contribution in [0.5, 0.6) is 0 Å². The number of carbonyl (C=O) groups is 3. The molecule has 1 heterocycles. The van der Waals surface area contributed by atoms with Gasteiger partial charge in [-0.3, -0.25) is 19.3 Å². The van der Waals surface area contributed by atoms with Crippen molar-refractivity contribution in [3.05, 3.63) is 12.2 Å². The van der Waals surface area contributed by atoms with Gasteiger partial charge in [0.1, 0.15) is 6.61 Å². The van der Waals surface area contributed by atoms with Crippen LogP contribution in [0.25, 0.3) is 0 Å². The van der Waals surface area contributed by atoms with E-state index in [4.69, 9.17) is 42.6 Å². The van der Waals surface area contributed by atoms with E-state index in [2.05, 4.69) is 6.92 Å². The number of unbranched alkanes of at least 4 members (excludes halogenated alkanes) is 5. The molecule has 0 N–H and O–H groups in total. The van der Waals surface area contributed by atoms with Crippen molar-refractivity contribution in [2.24, 2.45) is 0 Å². The normalized spacial score (nSPS) is 13.0. The van der Waals surface area contributed by atoms with Crippen molar-refractivity contribution in [1.82, 2.24) is 4.90 Å². The summed E-state index contributed by atoms with van der Waals surface area (Å²) in [5.74, 6) is -0.765. The molecular formula is C31H55NO12. The van der Waals surface area contributed by atoms with Crippen LogP contribution < -0.4 is 0 Å². The minimum absolute atomic E-state index is 0.150. The fourth-order valence-corrected chi connectivity index (χ4v) is 3.79. The van der Waals surface area contributed by atoms with Gasteiger partial charge in [0.2, 0.25) is 0 Å². The first kappa shape index (κ1) is 40.1. The largest absolute Gasteiger partial charge is 0.463 e. The Hall–Kier alpha value is -1.97. The lowest BCUT2D eigenvalue weighted by Gasteiger charge is -2.13. The summed E-state index contributed by atoms with van der Waals surface area (Å²) in [6.45, 7) is 9.74. The Morgan fingerprint density at radius 1 is 0.500 bits per heavy atom. The van der Waals surface area contributed by atoms with Crippen molar-refractivity contribution >= 4 is 17.8 Å². The van der Waals surface area contributed by atoms with Gasteiger partial charge in [-0.15, -0.1) is 0 Å². The van der Waals surface area contributed by atoms with E-state index in [1.807, 2.05) is 0 Å². The van der Waals surface area contributed by atoms with Gasteiger partial charge in [-0.05, 0) is 6.42 Å². The van der Waals surface area contributed by atoms with Gasteiger partial charge in [0, 0.05) is 18.6 Å². The smallest absolute Gasteiger partial charge is 0.305 e. The zero-order valence-electron chi connectivity index (χ0n) is 26.7. The highest BCUT2D eigenvalue weighted by Gasteiger charge is 2.22. The quantitative estimate of drug-likeness (QED) is 0.0584. The number of hydrogen-bond donors (Lipinski definition) is 0. The highest BCUT2D eigenvalue weighted by atomic mass is 16.6. The van der Waals surface area contributed by atoms with Crippen LogP contribution in [-0.2, 0) is 57.0 Å². The average Bonchev–Trinajstić information content (AvgIpc) is 3.34. The van der Waals surface area contributed by atoms with E-state index >= 15 is 0 Å². The van der Waals surface area contributed by atoms with Crippen LogP contribution in [-0.4, -0.2) is 142 Å². The van der Waals surface area contributed by atoms with E-state index in [0.717, 1.165) is 17.7 Å². The molecule has 44 heavy (non-hydrogen) atoms. The second-order valence-electron chi connectivity index (χ2n) is 9.80. The Kier molecular flexibility index (Phi) is 28.2. The number of imide groups is 1. The zero-order chi connectivity index (χ0) is 31.8. The Labute approximate surface area is 262 Å². The molecule has 1 aliphatic rings. The summed E-state index contributed by atoms with van der Waals surface area (Å²) >= 11 is 0. The molecule has 0 unspecified atom stereocenters. The fraction of sp³-hybridized carbons (Fsp3) is 0.839. The molecular weight excluding hydrogens is 578 g/mol. The van der Waals surface area contributed by atoms with Gasteiger partial charge in [0.25, 0.3) is 11.8 Å². The second kappa shape index (κ2) is 31.0. The molecule has 1 rings (SSSR count). The molecule has 0 aromatic rings. The molecule has 256 valence electrons. The second-order valence-corrected chi connectivity index (χ2v) is 9.80. The lowest BCUT2D eigenvalue weighted by molar-refractivity contribution is -0.145. The number of carbonyl (C=O) groups excluding carboxylic acids is 3. The van der Waals surface area contributed by atoms with Crippen molar-refractivity contribution in [3.8, 4) is 0 Å². The summed E-state index contributed by atoms with van der Waals surface area (Å²) in [5, 5.41) is 0.